The molecule has 0 N–H and O–H groups in total. The molecule has 1 amide bonds. The third-order valence-corrected chi connectivity index (χ3v) is 7.65. The van der Waals surface area contributed by atoms with Crippen molar-refractivity contribution in [3.05, 3.63) is 38.6 Å². The molecule has 0 unspecified atom stereocenters. The Hall–Kier alpha value is -1.47. The van der Waals surface area contributed by atoms with Crippen LogP contribution in [0.25, 0.3) is 0 Å². The van der Waals surface area contributed by atoms with Crippen molar-refractivity contribution in [1.29, 1.82) is 0 Å². The van der Waals surface area contributed by atoms with E-state index in [0.29, 0.717) is 23.9 Å². The smallest absolute Gasteiger partial charge is 0.263 e. The number of nitrogens with zero attached hydrogens (tertiary/aromatic N) is 4. The van der Waals surface area contributed by atoms with Gasteiger partial charge in [-0.3, -0.25) is 4.79 Å². The molecule has 5 nitrogen and oxygen atoms in total. The van der Waals surface area contributed by atoms with Crippen molar-refractivity contribution in [2.24, 2.45) is 11.8 Å². The second-order valence-electron chi connectivity index (χ2n) is 8.04. The molecule has 142 valence electrons. The van der Waals surface area contributed by atoms with Gasteiger partial charge in [0.1, 0.15) is 4.60 Å². The van der Waals surface area contributed by atoms with Crippen molar-refractivity contribution in [3.8, 4) is 0 Å². The van der Waals surface area contributed by atoms with E-state index in [-0.39, 0.29) is 5.91 Å². The number of fused-ring (bicyclic) bond motifs is 1. The number of halogens is 1. The number of likely N-dealkylation sites (tertiary alicyclic amines) is 1. The van der Waals surface area contributed by atoms with Crippen molar-refractivity contribution in [1.82, 2.24) is 15.1 Å². The van der Waals surface area contributed by atoms with Crippen LogP contribution in [0.1, 0.15) is 40.2 Å². The van der Waals surface area contributed by atoms with Crippen molar-refractivity contribution < 1.29 is 4.79 Å². The number of hydrogen-bond donors (Lipinski definition) is 0. The van der Waals surface area contributed by atoms with Gasteiger partial charge in [0, 0.05) is 36.0 Å². The molecule has 0 radical (unpaired) electrons. The van der Waals surface area contributed by atoms with Crippen LogP contribution in [0.2, 0.25) is 0 Å². The van der Waals surface area contributed by atoms with Gasteiger partial charge in [-0.15, -0.1) is 21.5 Å². The third-order valence-electron chi connectivity index (χ3n) is 6.24. The van der Waals surface area contributed by atoms with E-state index in [4.69, 9.17) is 0 Å². The van der Waals surface area contributed by atoms with Gasteiger partial charge in [0.25, 0.3) is 5.91 Å². The van der Waals surface area contributed by atoms with Gasteiger partial charge in [-0.1, -0.05) is 0 Å². The van der Waals surface area contributed by atoms with Crippen molar-refractivity contribution in [3.63, 3.8) is 0 Å². The first-order chi connectivity index (χ1) is 13.1. The maximum atomic E-state index is 12.9. The van der Waals surface area contributed by atoms with Crippen molar-refractivity contribution >= 4 is 39.0 Å². The Labute approximate surface area is 171 Å². The summed E-state index contributed by atoms with van der Waals surface area (Å²) in [6.07, 6.45) is 4.88. The van der Waals surface area contributed by atoms with E-state index in [9.17, 15) is 4.79 Å². The summed E-state index contributed by atoms with van der Waals surface area (Å²) in [6.45, 7) is 3.84. The SMILES string of the molecule is Cc1ccc(C(=O)N2C[C@H]3CC[C@H](N(c4ccc(Br)nn4)C4CC4)[C@H]3C2)s1. The van der Waals surface area contributed by atoms with Crippen LogP contribution in [0, 0.1) is 18.8 Å². The van der Waals surface area contributed by atoms with Gasteiger partial charge >= 0.3 is 0 Å². The Morgan fingerprint density at radius 2 is 2.00 bits per heavy atom. The standard InChI is InChI=1S/C20H23BrN4OS/c1-12-2-7-17(27-12)20(26)24-10-13-3-6-16(15(13)11-24)25(14-4-5-14)19-9-8-18(21)22-23-19/h2,7-9,13-16H,3-6,10-11H2,1H3/t13-,15+,16+/m1/s1. The van der Waals surface area contributed by atoms with Crippen molar-refractivity contribution in [2.45, 2.75) is 44.7 Å². The second-order valence-corrected chi connectivity index (χ2v) is 10.1. The van der Waals surface area contributed by atoms with Crippen LogP contribution in [-0.2, 0) is 0 Å². The highest BCUT2D eigenvalue weighted by molar-refractivity contribution is 9.10. The monoisotopic (exact) mass is 446 g/mol. The van der Waals surface area contributed by atoms with E-state index < -0.39 is 0 Å². The van der Waals surface area contributed by atoms with Gasteiger partial charge in [0.05, 0.1) is 4.88 Å². The number of thiophene rings is 1. The van der Waals surface area contributed by atoms with E-state index in [0.717, 1.165) is 28.4 Å². The lowest BCUT2D eigenvalue weighted by Gasteiger charge is -2.34. The number of hydrogen-bond acceptors (Lipinski definition) is 5. The topological polar surface area (TPSA) is 49.3 Å². The van der Waals surface area contributed by atoms with Gasteiger partial charge in [-0.2, -0.15) is 0 Å². The molecule has 2 aromatic heterocycles. The Kier molecular flexibility index (Phi) is 4.47. The molecule has 1 aliphatic heterocycles. The Bertz CT molecular complexity index is 850. The molecule has 1 saturated heterocycles. The average molecular weight is 447 g/mol. The molecular weight excluding hydrogens is 424 g/mol. The Balaban J connectivity index is 1.36. The molecule has 3 atom stereocenters. The molecular formula is C20H23BrN4OS. The molecule has 3 heterocycles. The van der Waals surface area contributed by atoms with Crippen LogP contribution in [0.5, 0.6) is 0 Å². The minimum Gasteiger partial charge on any atom is -0.349 e. The lowest BCUT2D eigenvalue weighted by Crippen LogP contribution is -2.42. The van der Waals surface area contributed by atoms with E-state index in [1.165, 1.54) is 30.6 Å². The predicted octanol–water partition coefficient (Wildman–Crippen LogP) is 4.13. The fourth-order valence-electron chi connectivity index (χ4n) is 4.88. The van der Waals surface area contributed by atoms with E-state index in [2.05, 4.69) is 48.9 Å². The lowest BCUT2D eigenvalue weighted by molar-refractivity contribution is 0.0784. The predicted molar refractivity (Wildman–Crippen MR) is 110 cm³/mol. The molecule has 2 aromatic rings. The Morgan fingerprint density at radius 3 is 2.67 bits per heavy atom. The quantitative estimate of drug-likeness (QED) is 0.708. The minimum absolute atomic E-state index is 0.211. The highest BCUT2D eigenvalue weighted by atomic mass is 79.9. The third kappa shape index (κ3) is 3.29. The Morgan fingerprint density at radius 1 is 1.15 bits per heavy atom. The summed E-state index contributed by atoms with van der Waals surface area (Å²) < 4.78 is 0.773. The summed E-state index contributed by atoms with van der Waals surface area (Å²) >= 11 is 4.99. The fraction of sp³-hybridized carbons (Fsp3) is 0.550. The minimum atomic E-state index is 0.211. The first kappa shape index (κ1) is 17.6. The molecule has 5 rings (SSSR count). The van der Waals surface area contributed by atoms with Gasteiger partial charge < -0.3 is 9.80 Å². The van der Waals surface area contributed by atoms with Crippen LogP contribution in [0.15, 0.2) is 28.9 Å². The highest BCUT2D eigenvalue weighted by Gasteiger charge is 2.49. The molecule has 2 saturated carbocycles. The average Bonchev–Trinajstić information content (AvgIpc) is 3.07. The van der Waals surface area contributed by atoms with Crippen LogP contribution in [-0.4, -0.2) is 46.2 Å². The molecule has 3 aliphatic rings. The van der Waals surface area contributed by atoms with Crippen LogP contribution >= 0.6 is 27.3 Å². The zero-order valence-electron chi connectivity index (χ0n) is 15.3. The van der Waals surface area contributed by atoms with E-state index in [1.54, 1.807) is 11.3 Å². The van der Waals surface area contributed by atoms with Gasteiger partial charge in [-0.05, 0) is 78.7 Å². The maximum absolute atomic E-state index is 12.9. The highest BCUT2D eigenvalue weighted by Crippen LogP contribution is 2.45. The van der Waals surface area contributed by atoms with Gasteiger partial charge in [-0.25, -0.2) is 0 Å². The molecule has 0 aromatic carbocycles. The lowest BCUT2D eigenvalue weighted by atomic mass is 9.96. The van der Waals surface area contributed by atoms with Crippen molar-refractivity contribution in [2.75, 3.05) is 18.0 Å². The zero-order valence-corrected chi connectivity index (χ0v) is 17.7. The number of rotatable bonds is 4. The largest absolute Gasteiger partial charge is 0.349 e. The molecule has 0 spiro atoms. The van der Waals surface area contributed by atoms with Gasteiger partial charge in [0.15, 0.2) is 5.82 Å². The number of carbonyl (C=O) groups excluding carboxylic acids is 1. The summed E-state index contributed by atoms with van der Waals surface area (Å²) in [6, 6.07) is 9.14. The van der Waals surface area contributed by atoms with E-state index in [1.807, 2.05) is 18.2 Å². The normalized spacial score (nSPS) is 27.0. The van der Waals surface area contributed by atoms with E-state index >= 15 is 0 Å². The number of aromatic nitrogens is 2. The van der Waals surface area contributed by atoms with Gasteiger partial charge in [0.2, 0.25) is 0 Å². The first-order valence-corrected chi connectivity index (χ1v) is 11.3. The second kappa shape index (κ2) is 6.85. The summed E-state index contributed by atoms with van der Waals surface area (Å²) in [7, 11) is 0. The molecule has 3 fully saturated rings. The summed E-state index contributed by atoms with van der Waals surface area (Å²) in [4.78, 5) is 19.6. The fourth-order valence-corrected chi connectivity index (χ4v) is 5.93. The summed E-state index contributed by atoms with van der Waals surface area (Å²) in [5.74, 6) is 2.36. The number of amides is 1. The van der Waals surface area contributed by atoms with Crippen LogP contribution in [0.3, 0.4) is 0 Å². The number of carbonyl (C=O) groups is 1. The summed E-state index contributed by atoms with van der Waals surface area (Å²) in [5.41, 5.74) is 0. The first-order valence-electron chi connectivity index (χ1n) is 9.73. The van der Waals surface area contributed by atoms with Crippen LogP contribution < -0.4 is 4.90 Å². The summed E-state index contributed by atoms with van der Waals surface area (Å²) in [5, 5.41) is 8.67. The molecule has 2 aliphatic carbocycles. The number of anilines is 1. The van der Waals surface area contributed by atoms with Crippen LogP contribution in [0.4, 0.5) is 5.82 Å². The zero-order chi connectivity index (χ0) is 18.5. The molecule has 27 heavy (non-hydrogen) atoms. The maximum Gasteiger partial charge on any atom is 0.263 e. The molecule has 0 bridgehead atoms. The number of aryl methyl sites for hydroxylation is 1. The molecule has 7 heteroatoms.